The summed E-state index contributed by atoms with van der Waals surface area (Å²) in [5.41, 5.74) is 5.62. The Morgan fingerprint density at radius 2 is 1.63 bits per heavy atom. The Bertz CT molecular complexity index is 1430. The van der Waals surface area contributed by atoms with Crippen molar-refractivity contribution < 1.29 is 17.9 Å². The molecule has 0 saturated carbocycles. The zero-order chi connectivity index (χ0) is 26.9. The molecule has 2 unspecified atom stereocenters. The first-order valence-corrected chi connectivity index (χ1v) is 14.7. The number of fused-ring (bicyclic) bond motifs is 3. The molecule has 0 bridgehead atoms. The third-order valence-corrected chi connectivity index (χ3v) is 8.58. The van der Waals surface area contributed by atoms with E-state index in [0.717, 1.165) is 47.7 Å². The van der Waals surface area contributed by atoms with Gasteiger partial charge in [0.15, 0.2) is 11.5 Å². The highest BCUT2D eigenvalue weighted by Crippen LogP contribution is 2.42. The first kappa shape index (κ1) is 26.3. The molecular weight excluding hydrogens is 498 g/mol. The van der Waals surface area contributed by atoms with Crippen LogP contribution in [0.5, 0.6) is 11.5 Å². The molecule has 0 aliphatic carbocycles. The second kappa shape index (κ2) is 10.8. The van der Waals surface area contributed by atoms with E-state index in [0.29, 0.717) is 24.7 Å². The number of hydrogen-bond acceptors (Lipinski definition) is 6. The van der Waals surface area contributed by atoms with Gasteiger partial charge in [0.05, 0.1) is 29.9 Å². The van der Waals surface area contributed by atoms with Gasteiger partial charge in [0.2, 0.25) is 0 Å². The molecule has 200 valence electrons. The number of likely N-dealkylation sites (N-methyl/N-ethyl adjacent to an activating group) is 1. The number of likely N-dealkylation sites (tertiary alicyclic amines) is 1. The van der Waals surface area contributed by atoms with Crippen LogP contribution in [0.2, 0.25) is 0 Å². The first-order chi connectivity index (χ1) is 18.3. The highest BCUT2D eigenvalue weighted by atomic mass is 32.2. The molecule has 0 amide bonds. The molecule has 0 spiro atoms. The summed E-state index contributed by atoms with van der Waals surface area (Å²) >= 11 is 0. The van der Waals surface area contributed by atoms with Crippen LogP contribution >= 0.6 is 0 Å². The number of hydrogen-bond donors (Lipinski definition) is 1. The summed E-state index contributed by atoms with van der Waals surface area (Å²) in [4.78, 5) is 7.84. The highest BCUT2D eigenvalue weighted by molar-refractivity contribution is 7.92. The van der Waals surface area contributed by atoms with E-state index in [9.17, 15) is 8.42 Å². The van der Waals surface area contributed by atoms with Crippen LogP contribution in [0.4, 0.5) is 5.69 Å². The quantitative estimate of drug-likeness (QED) is 0.429. The predicted molar refractivity (Wildman–Crippen MR) is 151 cm³/mol. The Kier molecular flexibility index (Phi) is 7.45. The summed E-state index contributed by atoms with van der Waals surface area (Å²) < 4.78 is 40.3. The van der Waals surface area contributed by atoms with Crippen LogP contribution in [0.15, 0.2) is 70.6 Å². The lowest BCUT2D eigenvalue weighted by Gasteiger charge is -2.39. The summed E-state index contributed by atoms with van der Waals surface area (Å²) in [6.45, 7) is 8.91. The molecule has 2 atom stereocenters. The molecule has 2 aliphatic rings. The number of rotatable bonds is 8. The maximum atomic E-state index is 12.9. The van der Waals surface area contributed by atoms with Crippen molar-refractivity contribution in [2.24, 2.45) is 4.99 Å². The number of ether oxygens (including phenoxy) is 2. The number of sulfonamides is 1. The topological polar surface area (TPSA) is 80.2 Å². The number of aliphatic imine (C=N–C) groups is 1. The van der Waals surface area contributed by atoms with Crippen LogP contribution in [0, 0.1) is 6.92 Å². The van der Waals surface area contributed by atoms with E-state index >= 15 is 0 Å². The molecule has 2 aliphatic heterocycles. The van der Waals surface area contributed by atoms with Gasteiger partial charge in [-0.05, 0) is 82.7 Å². The number of aryl methyl sites for hydroxylation is 1. The van der Waals surface area contributed by atoms with Crippen molar-refractivity contribution in [3.05, 3.63) is 82.9 Å². The minimum absolute atomic E-state index is 0.181. The fraction of sp³-hybridized carbons (Fsp3) is 0.367. The molecule has 1 saturated heterocycles. The Hall–Kier alpha value is -3.36. The van der Waals surface area contributed by atoms with Gasteiger partial charge in [-0.1, -0.05) is 29.8 Å². The second-order valence-corrected chi connectivity index (χ2v) is 11.6. The van der Waals surface area contributed by atoms with Crippen molar-refractivity contribution in [1.82, 2.24) is 4.90 Å². The van der Waals surface area contributed by atoms with Gasteiger partial charge in [0, 0.05) is 29.3 Å². The smallest absolute Gasteiger partial charge is 0.261 e. The van der Waals surface area contributed by atoms with Crippen LogP contribution in [-0.2, 0) is 10.0 Å². The predicted octanol–water partition coefficient (Wildman–Crippen LogP) is 5.23. The summed E-state index contributed by atoms with van der Waals surface area (Å²) in [5, 5.41) is 0. The normalized spacial score (nSPS) is 19.2. The van der Waals surface area contributed by atoms with E-state index in [1.54, 1.807) is 36.4 Å². The largest absolute Gasteiger partial charge is 0.490 e. The summed E-state index contributed by atoms with van der Waals surface area (Å²) in [6, 6.07) is 18.6. The van der Waals surface area contributed by atoms with E-state index in [1.807, 2.05) is 32.9 Å². The minimum atomic E-state index is -3.68. The SMILES string of the molecule is CCOc1cc2c(cc1OCC)C1CN(C)CCC1N=C2c1ccc(NS(=O)(=O)c2ccc(C)cc2)cc1. The summed E-state index contributed by atoms with van der Waals surface area (Å²) in [6.07, 6.45) is 0.982. The molecule has 2 heterocycles. The molecule has 0 radical (unpaired) electrons. The molecule has 0 aromatic heterocycles. The van der Waals surface area contributed by atoms with Gasteiger partial charge in [-0.25, -0.2) is 8.42 Å². The van der Waals surface area contributed by atoms with E-state index < -0.39 is 10.0 Å². The third-order valence-electron chi connectivity index (χ3n) is 7.19. The van der Waals surface area contributed by atoms with Crippen molar-refractivity contribution in [1.29, 1.82) is 0 Å². The lowest BCUT2D eigenvalue weighted by atomic mass is 9.79. The lowest BCUT2D eigenvalue weighted by molar-refractivity contribution is 0.226. The molecule has 38 heavy (non-hydrogen) atoms. The molecule has 3 aromatic carbocycles. The maximum Gasteiger partial charge on any atom is 0.261 e. The number of piperidine rings is 1. The van der Waals surface area contributed by atoms with Crippen molar-refractivity contribution >= 4 is 21.4 Å². The lowest BCUT2D eigenvalue weighted by Crippen LogP contribution is -2.41. The number of nitrogens with zero attached hydrogens (tertiary/aromatic N) is 2. The van der Waals surface area contributed by atoms with E-state index in [4.69, 9.17) is 14.5 Å². The van der Waals surface area contributed by atoms with Gasteiger partial charge >= 0.3 is 0 Å². The Labute approximate surface area is 225 Å². The average Bonchev–Trinajstić information content (AvgIpc) is 2.90. The average molecular weight is 534 g/mol. The highest BCUT2D eigenvalue weighted by Gasteiger charge is 2.36. The van der Waals surface area contributed by atoms with Gasteiger partial charge in [-0.2, -0.15) is 0 Å². The van der Waals surface area contributed by atoms with Crippen molar-refractivity contribution in [2.45, 2.75) is 44.0 Å². The Morgan fingerprint density at radius 1 is 0.974 bits per heavy atom. The van der Waals surface area contributed by atoms with Crippen molar-refractivity contribution in [2.75, 3.05) is 38.1 Å². The minimum Gasteiger partial charge on any atom is -0.490 e. The monoisotopic (exact) mass is 533 g/mol. The maximum absolute atomic E-state index is 12.9. The van der Waals surface area contributed by atoms with E-state index in [2.05, 4.69) is 28.8 Å². The van der Waals surface area contributed by atoms with Crippen LogP contribution in [-0.4, -0.2) is 58.4 Å². The first-order valence-electron chi connectivity index (χ1n) is 13.2. The fourth-order valence-electron chi connectivity index (χ4n) is 5.28. The van der Waals surface area contributed by atoms with Gasteiger partial charge in [0.25, 0.3) is 10.0 Å². The zero-order valence-electron chi connectivity index (χ0n) is 22.4. The van der Waals surface area contributed by atoms with Crippen LogP contribution < -0.4 is 14.2 Å². The Morgan fingerprint density at radius 3 is 2.29 bits per heavy atom. The van der Waals surface area contributed by atoms with E-state index in [-0.39, 0.29) is 16.9 Å². The van der Waals surface area contributed by atoms with Crippen LogP contribution in [0.3, 0.4) is 0 Å². The van der Waals surface area contributed by atoms with Crippen molar-refractivity contribution in [3.8, 4) is 11.5 Å². The molecule has 1 fully saturated rings. The van der Waals surface area contributed by atoms with E-state index in [1.165, 1.54) is 5.56 Å². The second-order valence-electron chi connectivity index (χ2n) is 9.95. The van der Waals surface area contributed by atoms with Crippen LogP contribution in [0.1, 0.15) is 48.4 Å². The fourth-order valence-corrected chi connectivity index (χ4v) is 6.34. The third kappa shape index (κ3) is 5.28. The molecule has 1 N–H and O–H groups in total. The van der Waals surface area contributed by atoms with Gasteiger partial charge in [-0.3, -0.25) is 9.71 Å². The zero-order valence-corrected chi connectivity index (χ0v) is 23.2. The summed E-state index contributed by atoms with van der Waals surface area (Å²) in [7, 11) is -1.52. The molecule has 7 nitrogen and oxygen atoms in total. The van der Waals surface area contributed by atoms with Gasteiger partial charge in [-0.15, -0.1) is 0 Å². The number of nitrogens with one attached hydrogen (secondary N) is 1. The van der Waals surface area contributed by atoms with Gasteiger partial charge < -0.3 is 14.4 Å². The molecule has 5 rings (SSSR count). The number of anilines is 1. The molecular formula is C30H35N3O4S. The van der Waals surface area contributed by atoms with Crippen LogP contribution in [0.25, 0.3) is 0 Å². The Balaban J connectivity index is 1.50. The van der Waals surface area contributed by atoms with Gasteiger partial charge in [0.1, 0.15) is 0 Å². The molecule has 3 aromatic rings. The standard InChI is InChI=1S/C30H35N3O4S/c1-5-36-28-17-24-25(18-29(28)37-6-2)30(31-27-15-16-33(4)19-26(24)27)21-9-11-22(12-10-21)32-38(34,35)23-13-7-20(3)8-14-23/h7-14,17-18,26-27,32H,5-6,15-16,19H2,1-4H3. The molecule has 8 heteroatoms. The summed E-state index contributed by atoms with van der Waals surface area (Å²) in [5.74, 6) is 1.76. The number of benzene rings is 3. The van der Waals surface area contributed by atoms with Crippen molar-refractivity contribution in [3.63, 3.8) is 0 Å².